The minimum absolute atomic E-state index is 0.0627. The summed E-state index contributed by atoms with van der Waals surface area (Å²) in [5, 5.41) is 0. The lowest BCUT2D eigenvalue weighted by atomic mass is 10.1. The summed E-state index contributed by atoms with van der Waals surface area (Å²) >= 11 is 3.60. The van der Waals surface area contributed by atoms with Gasteiger partial charge in [0.1, 0.15) is 0 Å². The Morgan fingerprint density at radius 3 is 2.52 bits per heavy atom. The number of hydrogen-bond donors (Lipinski definition) is 0. The van der Waals surface area contributed by atoms with Crippen LogP contribution in [0.25, 0.3) is 0 Å². The van der Waals surface area contributed by atoms with Crippen molar-refractivity contribution in [1.82, 2.24) is 4.90 Å². The van der Waals surface area contributed by atoms with Gasteiger partial charge < -0.3 is 4.90 Å². The van der Waals surface area contributed by atoms with Gasteiger partial charge in [-0.3, -0.25) is 4.79 Å². The topological polar surface area (TPSA) is 20.3 Å². The maximum absolute atomic E-state index is 12.1. The molecule has 0 atom stereocenters. The first-order valence-corrected chi connectivity index (χ1v) is 7.60. The fraction of sp³-hybridized carbons (Fsp3) is 0.167. The third-order valence-corrected chi connectivity index (χ3v) is 4.47. The molecule has 0 aromatic heterocycles. The van der Waals surface area contributed by atoms with Crippen LogP contribution in [-0.2, 0) is 17.9 Å². The summed E-state index contributed by atoms with van der Waals surface area (Å²) in [6, 6.07) is 16.1. The summed E-state index contributed by atoms with van der Waals surface area (Å²) in [4.78, 5) is 13.9. The summed E-state index contributed by atoms with van der Waals surface area (Å²) in [5.41, 5.74) is 3.37. The Morgan fingerprint density at radius 1 is 1.14 bits per heavy atom. The molecule has 0 radical (unpaired) electrons. The van der Waals surface area contributed by atoms with Crippen LogP contribution in [0, 0.1) is 6.92 Å². The van der Waals surface area contributed by atoms with E-state index in [0.717, 1.165) is 15.6 Å². The molecule has 3 heteroatoms. The average molecular weight is 344 g/mol. The van der Waals surface area contributed by atoms with Gasteiger partial charge >= 0.3 is 0 Å². The molecule has 0 fully saturated rings. The largest absolute Gasteiger partial charge is 0.330 e. The van der Waals surface area contributed by atoms with Gasteiger partial charge in [-0.15, -0.1) is 0 Å². The third-order valence-electron chi connectivity index (χ3n) is 3.34. The molecule has 0 aliphatic rings. The molecule has 0 aliphatic heterocycles. The summed E-state index contributed by atoms with van der Waals surface area (Å²) in [5.74, 6) is -0.0627. The lowest BCUT2D eigenvalue weighted by molar-refractivity contribution is -0.127. The Morgan fingerprint density at radius 2 is 1.86 bits per heavy atom. The van der Waals surface area contributed by atoms with E-state index in [0.29, 0.717) is 13.1 Å². The third kappa shape index (κ3) is 4.05. The molecule has 0 N–H and O–H groups in total. The molecule has 0 aliphatic carbocycles. The van der Waals surface area contributed by atoms with Crippen LogP contribution in [0.15, 0.2) is 65.7 Å². The minimum Gasteiger partial charge on any atom is -0.330 e. The molecular formula is C18H18BrNO. The van der Waals surface area contributed by atoms with E-state index in [1.807, 2.05) is 55.5 Å². The molecule has 0 saturated heterocycles. The monoisotopic (exact) mass is 343 g/mol. The number of halogens is 1. The van der Waals surface area contributed by atoms with Gasteiger partial charge in [0.25, 0.3) is 0 Å². The summed E-state index contributed by atoms with van der Waals surface area (Å²) < 4.78 is 1.06. The van der Waals surface area contributed by atoms with E-state index in [1.54, 1.807) is 4.90 Å². The number of carbonyl (C=O) groups excluding carboxylic acids is 1. The fourth-order valence-corrected chi connectivity index (χ4v) is 2.57. The normalized spacial score (nSPS) is 10.2. The minimum atomic E-state index is -0.0627. The maximum Gasteiger partial charge on any atom is 0.246 e. The van der Waals surface area contributed by atoms with E-state index >= 15 is 0 Å². The van der Waals surface area contributed by atoms with Gasteiger partial charge in [-0.25, -0.2) is 0 Å². The van der Waals surface area contributed by atoms with Gasteiger partial charge in [-0.1, -0.05) is 71.0 Å². The van der Waals surface area contributed by atoms with Crippen molar-refractivity contribution >= 4 is 21.8 Å². The summed E-state index contributed by atoms with van der Waals surface area (Å²) in [6.07, 6.45) is 1.37. The molecule has 0 heterocycles. The van der Waals surface area contributed by atoms with Crippen LogP contribution in [0.1, 0.15) is 16.7 Å². The van der Waals surface area contributed by atoms with Gasteiger partial charge in [-0.05, 0) is 29.7 Å². The highest BCUT2D eigenvalue weighted by molar-refractivity contribution is 9.10. The average Bonchev–Trinajstić information content (AvgIpc) is 2.51. The van der Waals surface area contributed by atoms with Gasteiger partial charge in [0.05, 0.1) is 0 Å². The van der Waals surface area contributed by atoms with Crippen LogP contribution >= 0.6 is 15.9 Å². The molecule has 0 bridgehead atoms. The number of hydrogen-bond acceptors (Lipinski definition) is 1. The summed E-state index contributed by atoms with van der Waals surface area (Å²) in [7, 11) is 0. The first kappa shape index (κ1) is 15.5. The predicted octanol–water partition coefficient (Wildman–Crippen LogP) is 4.47. The van der Waals surface area contributed by atoms with Gasteiger partial charge in [0.2, 0.25) is 5.91 Å². The Kier molecular flexibility index (Phi) is 5.34. The standard InChI is InChI=1S/C18H18BrNO/c1-3-17(21)20(12-15-9-5-4-6-10-15)13-16-11-7-8-14(2)18(16)19/h3-11H,1,12-13H2,2H3. The van der Waals surface area contributed by atoms with E-state index in [2.05, 4.69) is 22.5 Å². The van der Waals surface area contributed by atoms with Crippen LogP contribution in [0.5, 0.6) is 0 Å². The zero-order valence-corrected chi connectivity index (χ0v) is 13.6. The second-order valence-electron chi connectivity index (χ2n) is 4.93. The number of carbonyl (C=O) groups is 1. The molecule has 0 spiro atoms. The highest BCUT2D eigenvalue weighted by Crippen LogP contribution is 2.23. The van der Waals surface area contributed by atoms with Gasteiger partial charge in [0, 0.05) is 17.6 Å². The Bertz CT molecular complexity index is 637. The fourth-order valence-electron chi connectivity index (χ4n) is 2.18. The number of aryl methyl sites for hydroxylation is 1. The lowest BCUT2D eigenvalue weighted by Gasteiger charge is -2.22. The van der Waals surface area contributed by atoms with Crippen molar-refractivity contribution in [2.45, 2.75) is 20.0 Å². The van der Waals surface area contributed by atoms with Crippen molar-refractivity contribution in [2.75, 3.05) is 0 Å². The molecule has 1 amide bonds. The summed E-state index contributed by atoms with van der Waals surface area (Å²) in [6.45, 7) is 6.78. The SMILES string of the molecule is C=CC(=O)N(Cc1ccccc1)Cc1cccc(C)c1Br. The molecular weight excluding hydrogens is 326 g/mol. The van der Waals surface area contributed by atoms with Crippen molar-refractivity contribution in [2.24, 2.45) is 0 Å². The Balaban J connectivity index is 2.23. The maximum atomic E-state index is 12.1. The first-order valence-electron chi connectivity index (χ1n) is 6.81. The smallest absolute Gasteiger partial charge is 0.246 e. The van der Waals surface area contributed by atoms with Crippen LogP contribution in [0.4, 0.5) is 0 Å². The molecule has 21 heavy (non-hydrogen) atoms. The molecule has 2 aromatic carbocycles. The quantitative estimate of drug-likeness (QED) is 0.733. The van der Waals surface area contributed by atoms with E-state index in [-0.39, 0.29) is 5.91 Å². The van der Waals surface area contributed by atoms with Crippen molar-refractivity contribution in [1.29, 1.82) is 0 Å². The number of benzene rings is 2. The Hall–Kier alpha value is -1.87. The van der Waals surface area contributed by atoms with Crippen LogP contribution in [0.3, 0.4) is 0 Å². The zero-order valence-electron chi connectivity index (χ0n) is 12.1. The second-order valence-corrected chi connectivity index (χ2v) is 5.73. The molecule has 108 valence electrons. The number of rotatable bonds is 5. The van der Waals surface area contributed by atoms with Gasteiger partial charge in [-0.2, -0.15) is 0 Å². The predicted molar refractivity (Wildman–Crippen MR) is 89.8 cm³/mol. The first-order chi connectivity index (χ1) is 10.1. The van der Waals surface area contributed by atoms with Crippen molar-refractivity contribution in [3.05, 3.63) is 82.3 Å². The highest BCUT2D eigenvalue weighted by atomic mass is 79.9. The van der Waals surface area contributed by atoms with Crippen molar-refractivity contribution in [3.63, 3.8) is 0 Å². The van der Waals surface area contributed by atoms with E-state index in [9.17, 15) is 4.79 Å². The number of nitrogens with zero attached hydrogens (tertiary/aromatic N) is 1. The second kappa shape index (κ2) is 7.23. The van der Waals surface area contributed by atoms with E-state index in [4.69, 9.17) is 0 Å². The molecule has 0 unspecified atom stereocenters. The van der Waals surface area contributed by atoms with Gasteiger partial charge in [0.15, 0.2) is 0 Å². The molecule has 0 saturated carbocycles. The van der Waals surface area contributed by atoms with Crippen LogP contribution in [0.2, 0.25) is 0 Å². The van der Waals surface area contributed by atoms with Crippen LogP contribution < -0.4 is 0 Å². The highest BCUT2D eigenvalue weighted by Gasteiger charge is 2.13. The molecule has 2 rings (SSSR count). The zero-order chi connectivity index (χ0) is 15.2. The lowest BCUT2D eigenvalue weighted by Crippen LogP contribution is -2.28. The molecule has 2 aromatic rings. The number of amides is 1. The van der Waals surface area contributed by atoms with Crippen molar-refractivity contribution < 1.29 is 4.79 Å². The van der Waals surface area contributed by atoms with Crippen LogP contribution in [-0.4, -0.2) is 10.8 Å². The van der Waals surface area contributed by atoms with Crippen molar-refractivity contribution in [3.8, 4) is 0 Å². The Labute approximate surface area is 134 Å². The van der Waals surface area contributed by atoms with E-state index < -0.39 is 0 Å². The molecule has 2 nitrogen and oxygen atoms in total. The van der Waals surface area contributed by atoms with E-state index in [1.165, 1.54) is 11.6 Å².